The van der Waals surface area contributed by atoms with Gasteiger partial charge in [0.05, 0.1) is 6.10 Å². The summed E-state index contributed by atoms with van der Waals surface area (Å²) in [7, 11) is 0. The maximum atomic E-state index is 13.4. The van der Waals surface area contributed by atoms with Gasteiger partial charge in [0.25, 0.3) is 5.91 Å². The van der Waals surface area contributed by atoms with Crippen LogP contribution in [-0.2, 0) is 9.53 Å². The number of aromatic nitrogens is 2. The topological polar surface area (TPSA) is 95.9 Å². The third-order valence-corrected chi connectivity index (χ3v) is 5.33. The van der Waals surface area contributed by atoms with Crippen molar-refractivity contribution >= 4 is 23.9 Å². The van der Waals surface area contributed by atoms with Gasteiger partial charge in [0.15, 0.2) is 5.82 Å². The molecule has 0 aliphatic carbocycles. The Balaban J connectivity index is 2.30. The lowest BCUT2D eigenvalue weighted by Crippen LogP contribution is -2.51. The van der Waals surface area contributed by atoms with Crippen LogP contribution in [-0.4, -0.2) is 66.3 Å². The van der Waals surface area contributed by atoms with Crippen LogP contribution in [0.5, 0.6) is 0 Å². The quantitative estimate of drug-likeness (QED) is 0.746. The van der Waals surface area contributed by atoms with E-state index in [9.17, 15) is 14.7 Å². The summed E-state index contributed by atoms with van der Waals surface area (Å²) < 4.78 is 6.99. The Kier molecular flexibility index (Phi) is 7.28. The molecule has 0 bridgehead atoms. The minimum atomic E-state index is -0.882. The molecule has 0 spiro atoms. The van der Waals surface area contributed by atoms with E-state index in [0.29, 0.717) is 18.7 Å². The van der Waals surface area contributed by atoms with Gasteiger partial charge < -0.3 is 9.84 Å². The molecule has 1 saturated heterocycles. The molecule has 28 heavy (non-hydrogen) atoms. The maximum absolute atomic E-state index is 13.4. The Morgan fingerprint density at radius 2 is 1.93 bits per heavy atom. The fraction of sp³-hybridized carbons (Fsp3) is 0.684. The van der Waals surface area contributed by atoms with Gasteiger partial charge >= 0.3 is 6.09 Å². The standard InChI is InChI=1S/C19H30N4O4S/c1-12-8-9-14(22(12)18(26)27-19(3,4)5)17(25)23(28-6)15(13(2)24)16-20-10-7-11-21-16/h7,10-15,24H,8-9H2,1-6H3. The fourth-order valence-electron chi connectivity index (χ4n) is 3.32. The lowest BCUT2D eigenvalue weighted by molar-refractivity contribution is -0.134. The Morgan fingerprint density at radius 1 is 1.32 bits per heavy atom. The molecule has 1 N–H and O–H groups in total. The first-order chi connectivity index (χ1) is 13.1. The van der Waals surface area contributed by atoms with Crippen molar-refractivity contribution in [3.8, 4) is 0 Å². The van der Waals surface area contributed by atoms with Crippen molar-refractivity contribution in [2.24, 2.45) is 0 Å². The second-order valence-corrected chi connectivity index (χ2v) is 8.73. The van der Waals surface area contributed by atoms with E-state index in [1.165, 1.54) is 21.2 Å². The normalized spacial score (nSPS) is 21.9. The minimum absolute atomic E-state index is 0.106. The number of hydrogen-bond acceptors (Lipinski definition) is 7. The van der Waals surface area contributed by atoms with Crippen LogP contribution in [0, 0.1) is 0 Å². The summed E-state index contributed by atoms with van der Waals surface area (Å²) in [5, 5.41) is 10.3. The fourth-order valence-corrected chi connectivity index (χ4v) is 4.12. The van der Waals surface area contributed by atoms with Crippen molar-refractivity contribution in [2.75, 3.05) is 6.26 Å². The van der Waals surface area contributed by atoms with Crippen molar-refractivity contribution in [3.05, 3.63) is 24.3 Å². The third-order valence-electron chi connectivity index (χ3n) is 4.53. The molecule has 0 radical (unpaired) electrons. The first-order valence-corrected chi connectivity index (χ1v) is 10.6. The Bertz CT molecular complexity index is 680. The molecule has 4 unspecified atom stereocenters. The van der Waals surface area contributed by atoms with Crippen molar-refractivity contribution < 1.29 is 19.4 Å². The highest BCUT2D eigenvalue weighted by atomic mass is 32.2. The predicted molar refractivity (Wildman–Crippen MR) is 107 cm³/mol. The van der Waals surface area contributed by atoms with Crippen LogP contribution in [0.3, 0.4) is 0 Å². The molecule has 1 aliphatic heterocycles. The molecule has 2 heterocycles. The molecule has 2 amide bonds. The van der Waals surface area contributed by atoms with Crippen molar-refractivity contribution in [2.45, 2.75) is 77.3 Å². The Morgan fingerprint density at radius 3 is 2.43 bits per heavy atom. The second-order valence-electron chi connectivity index (χ2n) is 7.97. The molecule has 4 atom stereocenters. The van der Waals surface area contributed by atoms with Gasteiger partial charge in [-0.1, -0.05) is 11.9 Å². The van der Waals surface area contributed by atoms with E-state index in [2.05, 4.69) is 9.97 Å². The number of ether oxygens (including phenoxy) is 1. The SMILES string of the molecule is CSN(C(=O)C1CCC(C)N1C(=O)OC(C)(C)C)C(c1ncccn1)C(C)O. The first kappa shape index (κ1) is 22.4. The molecule has 9 heteroatoms. The van der Waals surface area contributed by atoms with Gasteiger partial charge in [0.1, 0.15) is 17.7 Å². The van der Waals surface area contributed by atoms with Gasteiger partial charge in [-0.2, -0.15) is 0 Å². The van der Waals surface area contributed by atoms with Crippen LogP contribution in [0.1, 0.15) is 59.3 Å². The van der Waals surface area contributed by atoms with Crippen LogP contribution in [0.15, 0.2) is 18.5 Å². The number of nitrogens with zero attached hydrogens (tertiary/aromatic N) is 4. The summed E-state index contributed by atoms with van der Waals surface area (Å²) in [5.41, 5.74) is -0.647. The van der Waals surface area contributed by atoms with Crippen molar-refractivity contribution in [3.63, 3.8) is 0 Å². The highest BCUT2D eigenvalue weighted by molar-refractivity contribution is 7.96. The zero-order valence-electron chi connectivity index (χ0n) is 17.3. The molecule has 8 nitrogen and oxygen atoms in total. The highest BCUT2D eigenvalue weighted by Crippen LogP contribution is 2.33. The summed E-state index contributed by atoms with van der Waals surface area (Å²) >= 11 is 1.19. The van der Waals surface area contributed by atoms with E-state index in [4.69, 9.17) is 4.74 Å². The van der Waals surface area contributed by atoms with Gasteiger partial charge in [0, 0.05) is 24.7 Å². The Hall–Kier alpha value is -1.87. The number of carbonyl (C=O) groups is 2. The largest absolute Gasteiger partial charge is 0.444 e. The monoisotopic (exact) mass is 410 g/mol. The number of aliphatic hydroxyl groups is 1. The summed E-state index contributed by atoms with van der Waals surface area (Å²) in [6, 6.07) is 0.198. The van der Waals surface area contributed by atoms with E-state index >= 15 is 0 Å². The number of aliphatic hydroxyl groups excluding tert-OH is 1. The lowest BCUT2D eigenvalue weighted by atomic mass is 10.1. The van der Waals surface area contributed by atoms with Gasteiger partial charge in [-0.3, -0.25) is 14.0 Å². The van der Waals surface area contributed by atoms with Gasteiger partial charge in [-0.05, 0) is 53.5 Å². The van der Waals surface area contributed by atoms with Crippen LogP contribution in [0.25, 0.3) is 0 Å². The smallest absolute Gasteiger partial charge is 0.411 e. The van der Waals surface area contributed by atoms with Crippen LogP contribution in [0.2, 0.25) is 0 Å². The van der Waals surface area contributed by atoms with Crippen molar-refractivity contribution in [1.29, 1.82) is 0 Å². The van der Waals surface area contributed by atoms with Crippen molar-refractivity contribution in [1.82, 2.24) is 19.2 Å². The van der Waals surface area contributed by atoms with Crippen LogP contribution in [0.4, 0.5) is 4.79 Å². The molecule has 1 aromatic heterocycles. The maximum Gasteiger partial charge on any atom is 0.411 e. The van der Waals surface area contributed by atoms with E-state index < -0.39 is 29.9 Å². The molecule has 0 aromatic carbocycles. The summed E-state index contributed by atoms with van der Waals surface area (Å²) in [4.78, 5) is 36.1. The summed E-state index contributed by atoms with van der Waals surface area (Å²) in [6.45, 7) is 8.90. The van der Waals surface area contributed by atoms with E-state index in [0.717, 1.165) is 0 Å². The zero-order chi connectivity index (χ0) is 21.1. The molecule has 1 aliphatic rings. The third kappa shape index (κ3) is 5.14. The number of amides is 2. The number of carbonyl (C=O) groups excluding carboxylic acids is 2. The average molecular weight is 411 g/mol. The first-order valence-electron chi connectivity index (χ1n) is 9.40. The highest BCUT2D eigenvalue weighted by Gasteiger charge is 2.45. The van der Waals surface area contributed by atoms with E-state index in [1.807, 2.05) is 6.92 Å². The molecule has 2 rings (SSSR count). The number of rotatable bonds is 5. The predicted octanol–water partition coefficient (Wildman–Crippen LogP) is 2.79. The molecule has 1 aromatic rings. The van der Waals surface area contributed by atoms with Crippen LogP contribution < -0.4 is 0 Å². The van der Waals surface area contributed by atoms with Gasteiger partial charge in [-0.15, -0.1) is 0 Å². The van der Waals surface area contributed by atoms with Crippen LogP contribution >= 0.6 is 11.9 Å². The number of hydrogen-bond donors (Lipinski definition) is 1. The molecule has 156 valence electrons. The van der Waals surface area contributed by atoms with E-state index in [-0.39, 0.29) is 11.9 Å². The minimum Gasteiger partial charge on any atom is -0.444 e. The molecular formula is C19H30N4O4S. The van der Waals surface area contributed by atoms with Gasteiger partial charge in [0.2, 0.25) is 0 Å². The zero-order valence-corrected chi connectivity index (χ0v) is 18.1. The summed E-state index contributed by atoms with van der Waals surface area (Å²) in [6.07, 6.45) is 4.77. The molecule has 0 saturated carbocycles. The average Bonchev–Trinajstić information content (AvgIpc) is 2.99. The lowest BCUT2D eigenvalue weighted by Gasteiger charge is -2.36. The number of likely N-dealkylation sites (tertiary alicyclic amines) is 1. The van der Waals surface area contributed by atoms with E-state index in [1.54, 1.807) is 52.4 Å². The molecule has 1 fully saturated rings. The van der Waals surface area contributed by atoms with Gasteiger partial charge in [-0.25, -0.2) is 14.8 Å². The molecular weight excluding hydrogens is 380 g/mol. The summed E-state index contributed by atoms with van der Waals surface area (Å²) in [5.74, 6) is 0.0936. The second kappa shape index (κ2) is 9.09. The Labute approximate surface area is 170 Å².